The smallest absolute Gasteiger partial charge is 0.235 e. The van der Waals surface area contributed by atoms with Gasteiger partial charge in [-0.3, -0.25) is 0 Å². The molecule has 0 aliphatic rings. The van der Waals surface area contributed by atoms with Gasteiger partial charge in [0.2, 0.25) is 10.8 Å². The lowest BCUT2D eigenvalue weighted by Crippen LogP contribution is -2.04. The van der Waals surface area contributed by atoms with Crippen LogP contribution in [0.3, 0.4) is 0 Å². The number of benzene rings is 3. The Morgan fingerprint density at radius 1 is 0.767 bits per heavy atom. The molecule has 0 radical (unpaired) electrons. The van der Waals surface area contributed by atoms with E-state index in [2.05, 4.69) is 58.7 Å². The molecule has 0 aliphatic heterocycles. The van der Waals surface area contributed by atoms with Crippen LogP contribution in [0.15, 0.2) is 95.4 Å². The van der Waals surface area contributed by atoms with Gasteiger partial charge in [0.15, 0.2) is 5.76 Å². The first-order valence-electron chi connectivity index (χ1n) is 9.68. The summed E-state index contributed by atoms with van der Waals surface area (Å²) in [6.45, 7) is 0. The molecule has 0 saturated carbocycles. The highest BCUT2D eigenvalue weighted by atomic mass is 32.1. The van der Waals surface area contributed by atoms with Gasteiger partial charge in [0.25, 0.3) is 0 Å². The van der Waals surface area contributed by atoms with Crippen LogP contribution in [-0.2, 0) is 0 Å². The van der Waals surface area contributed by atoms with E-state index in [1.165, 1.54) is 11.1 Å². The highest BCUT2D eigenvalue weighted by Crippen LogP contribution is 2.35. The van der Waals surface area contributed by atoms with Crippen LogP contribution >= 0.6 is 11.3 Å². The lowest BCUT2D eigenvalue weighted by molar-refractivity contribution is 0.621. The molecule has 6 aromatic rings. The fourth-order valence-electron chi connectivity index (χ4n) is 3.76. The fourth-order valence-corrected chi connectivity index (χ4v) is 4.76. The summed E-state index contributed by atoms with van der Waals surface area (Å²) >= 11 is 1.55. The predicted molar refractivity (Wildman–Crippen MR) is 118 cm³/mol. The first-order chi connectivity index (χ1) is 14.9. The van der Waals surface area contributed by atoms with Crippen molar-refractivity contribution in [1.82, 2.24) is 19.8 Å². The Balaban J connectivity index is 1.50. The molecule has 3 heterocycles. The molecule has 30 heavy (non-hydrogen) atoms. The molecule has 0 unspecified atom stereocenters. The van der Waals surface area contributed by atoms with E-state index in [1.807, 2.05) is 42.5 Å². The SMILES string of the molecule is c1ccc(C(c2ccccc2)c2nn3c(-c4cc5ccccc5o4)nnc3s2)cc1. The molecule has 6 heteroatoms. The molecular weight excluding hydrogens is 392 g/mol. The number of nitrogens with zero attached hydrogens (tertiary/aromatic N) is 4. The quantitative estimate of drug-likeness (QED) is 0.371. The number of furan rings is 1. The molecule has 0 N–H and O–H groups in total. The molecule has 0 fully saturated rings. The minimum atomic E-state index is 0.0302. The van der Waals surface area contributed by atoms with Gasteiger partial charge in [-0.2, -0.15) is 9.61 Å². The number of rotatable bonds is 4. The third kappa shape index (κ3) is 2.81. The summed E-state index contributed by atoms with van der Waals surface area (Å²) in [6, 6.07) is 30.8. The molecule has 6 rings (SSSR count). The molecule has 144 valence electrons. The van der Waals surface area contributed by atoms with Crippen LogP contribution in [0.5, 0.6) is 0 Å². The van der Waals surface area contributed by atoms with Crippen LogP contribution in [0.4, 0.5) is 0 Å². The average molecular weight is 408 g/mol. The molecule has 0 saturated heterocycles. The summed E-state index contributed by atoms with van der Waals surface area (Å²) in [6.07, 6.45) is 0. The molecule has 0 bridgehead atoms. The van der Waals surface area contributed by atoms with E-state index in [4.69, 9.17) is 9.52 Å². The minimum absolute atomic E-state index is 0.0302. The first kappa shape index (κ1) is 17.1. The van der Waals surface area contributed by atoms with Crippen molar-refractivity contribution < 1.29 is 4.42 Å². The fraction of sp³-hybridized carbons (Fsp3) is 0.0417. The van der Waals surface area contributed by atoms with Crippen LogP contribution in [0.2, 0.25) is 0 Å². The Kier molecular flexibility index (Phi) is 3.95. The molecule has 0 amide bonds. The molecule has 5 nitrogen and oxygen atoms in total. The van der Waals surface area contributed by atoms with Crippen LogP contribution in [0, 0.1) is 0 Å². The maximum atomic E-state index is 6.00. The summed E-state index contributed by atoms with van der Waals surface area (Å²) < 4.78 is 7.79. The van der Waals surface area contributed by atoms with Crippen LogP contribution < -0.4 is 0 Å². The van der Waals surface area contributed by atoms with Crippen molar-refractivity contribution in [1.29, 1.82) is 0 Å². The Hall–Kier alpha value is -3.77. The van der Waals surface area contributed by atoms with Crippen LogP contribution in [0.1, 0.15) is 22.1 Å². The van der Waals surface area contributed by atoms with Gasteiger partial charge >= 0.3 is 0 Å². The number of aromatic nitrogens is 4. The molecule has 0 aliphatic carbocycles. The summed E-state index contributed by atoms with van der Waals surface area (Å²) in [4.78, 5) is 0.748. The highest BCUT2D eigenvalue weighted by Gasteiger charge is 2.24. The highest BCUT2D eigenvalue weighted by molar-refractivity contribution is 7.16. The monoisotopic (exact) mass is 408 g/mol. The van der Waals surface area contributed by atoms with Gasteiger partial charge in [-0.1, -0.05) is 90.2 Å². The third-order valence-electron chi connectivity index (χ3n) is 5.17. The lowest BCUT2D eigenvalue weighted by atomic mass is 9.92. The van der Waals surface area contributed by atoms with Crippen molar-refractivity contribution in [3.05, 3.63) is 107 Å². The van der Waals surface area contributed by atoms with E-state index >= 15 is 0 Å². The zero-order chi connectivity index (χ0) is 19.9. The number of para-hydroxylation sites is 1. The summed E-state index contributed by atoms with van der Waals surface area (Å²) in [7, 11) is 0. The predicted octanol–water partition coefficient (Wildman–Crippen LogP) is 5.78. The van der Waals surface area contributed by atoms with E-state index in [0.717, 1.165) is 20.9 Å². The van der Waals surface area contributed by atoms with Gasteiger partial charge in [-0.05, 0) is 23.3 Å². The minimum Gasteiger partial charge on any atom is -0.453 e. The zero-order valence-electron chi connectivity index (χ0n) is 15.8. The van der Waals surface area contributed by atoms with Gasteiger partial charge in [-0.25, -0.2) is 0 Å². The summed E-state index contributed by atoms with van der Waals surface area (Å²) in [5, 5.41) is 15.6. The van der Waals surface area contributed by atoms with Gasteiger partial charge < -0.3 is 4.42 Å². The first-order valence-corrected chi connectivity index (χ1v) is 10.5. The Morgan fingerprint density at radius 3 is 2.13 bits per heavy atom. The maximum absolute atomic E-state index is 6.00. The topological polar surface area (TPSA) is 56.2 Å². The van der Waals surface area contributed by atoms with Crippen molar-refractivity contribution >= 4 is 27.3 Å². The molecule has 0 spiro atoms. The van der Waals surface area contributed by atoms with Crippen molar-refractivity contribution in [2.45, 2.75) is 5.92 Å². The second kappa shape index (κ2) is 6.93. The summed E-state index contributed by atoms with van der Waals surface area (Å²) in [5.41, 5.74) is 3.21. The van der Waals surface area contributed by atoms with Crippen LogP contribution in [-0.4, -0.2) is 19.8 Å². The number of hydrogen-bond acceptors (Lipinski definition) is 5. The van der Waals surface area contributed by atoms with Crippen LogP contribution in [0.25, 0.3) is 27.5 Å². The normalized spacial score (nSPS) is 11.6. The summed E-state index contributed by atoms with van der Waals surface area (Å²) in [5.74, 6) is 1.31. The number of fused-ring (bicyclic) bond motifs is 2. The molecular formula is C24H16N4OS. The van der Waals surface area contributed by atoms with E-state index in [0.29, 0.717) is 11.6 Å². The largest absolute Gasteiger partial charge is 0.453 e. The van der Waals surface area contributed by atoms with Crippen molar-refractivity contribution in [2.24, 2.45) is 0 Å². The molecule has 0 atom stereocenters. The van der Waals surface area contributed by atoms with Crippen molar-refractivity contribution in [2.75, 3.05) is 0 Å². The van der Waals surface area contributed by atoms with Crippen molar-refractivity contribution in [3.8, 4) is 11.6 Å². The maximum Gasteiger partial charge on any atom is 0.235 e. The van der Waals surface area contributed by atoms with Gasteiger partial charge in [-0.15, -0.1) is 10.2 Å². The third-order valence-corrected chi connectivity index (χ3v) is 6.13. The molecule has 3 aromatic carbocycles. The van der Waals surface area contributed by atoms with Gasteiger partial charge in [0.05, 0.1) is 5.92 Å². The molecule has 3 aromatic heterocycles. The Bertz CT molecular complexity index is 1380. The van der Waals surface area contributed by atoms with Gasteiger partial charge in [0.1, 0.15) is 10.6 Å². The lowest BCUT2D eigenvalue weighted by Gasteiger charge is -2.15. The van der Waals surface area contributed by atoms with E-state index in [1.54, 1.807) is 15.9 Å². The number of hydrogen-bond donors (Lipinski definition) is 0. The van der Waals surface area contributed by atoms with E-state index in [9.17, 15) is 0 Å². The van der Waals surface area contributed by atoms with E-state index in [-0.39, 0.29) is 5.92 Å². The van der Waals surface area contributed by atoms with Crippen molar-refractivity contribution in [3.63, 3.8) is 0 Å². The Morgan fingerprint density at radius 2 is 1.43 bits per heavy atom. The second-order valence-electron chi connectivity index (χ2n) is 7.06. The average Bonchev–Trinajstić information content (AvgIpc) is 3.49. The van der Waals surface area contributed by atoms with Gasteiger partial charge in [0, 0.05) is 5.39 Å². The van der Waals surface area contributed by atoms with E-state index < -0.39 is 0 Å². The zero-order valence-corrected chi connectivity index (χ0v) is 16.7. The second-order valence-corrected chi connectivity index (χ2v) is 8.05. The Labute approximate surface area is 176 Å². The standard InChI is InChI=1S/C24H16N4OS/c1-3-9-16(10-4-1)21(17-11-5-2-6-12-17)23-27-28-22(25-26-24(28)30-23)20-15-18-13-7-8-14-19(18)29-20/h1-15,21H.